The van der Waals surface area contributed by atoms with E-state index in [1.807, 2.05) is 18.2 Å². The van der Waals surface area contributed by atoms with Gasteiger partial charge in [-0.15, -0.1) is 0 Å². The molecule has 0 saturated carbocycles. The average molecular weight is 262 g/mol. The Balaban J connectivity index is 1.92. The monoisotopic (exact) mass is 262 g/mol. The van der Waals surface area contributed by atoms with Crippen LogP contribution in [-0.2, 0) is 9.53 Å². The van der Waals surface area contributed by atoms with Crippen molar-refractivity contribution in [3.8, 4) is 0 Å². The van der Waals surface area contributed by atoms with Crippen molar-refractivity contribution in [2.24, 2.45) is 11.7 Å². The van der Waals surface area contributed by atoms with Gasteiger partial charge in [0.2, 0.25) is 0 Å². The van der Waals surface area contributed by atoms with E-state index in [9.17, 15) is 4.79 Å². The van der Waals surface area contributed by atoms with E-state index >= 15 is 0 Å². The van der Waals surface area contributed by atoms with Gasteiger partial charge in [0, 0.05) is 25.6 Å². The lowest BCUT2D eigenvalue weighted by Crippen LogP contribution is -2.31. The summed E-state index contributed by atoms with van der Waals surface area (Å²) in [5.41, 5.74) is 7.16. The topological polar surface area (TPSA) is 55.6 Å². The first-order valence-electron chi connectivity index (χ1n) is 6.79. The van der Waals surface area contributed by atoms with Gasteiger partial charge in [-0.2, -0.15) is 0 Å². The number of nitrogens with two attached hydrogens (primary N) is 1. The second-order valence-electron chi connectivity index (χ2n) is 5.11. The molecular weight excluding hydrogens is 240 g/mol. The molecule has 1 aromatic rings. The first kappa shape index (κ1) is 14.0. The lowest BCUT2D eigenvalue weighted by Gasteiger charge is -2.23. The molecule has 2 rings (SSSR count). The van der Waals surface area contributed by atoms with Crippen LogP contribution in [0.3, 0.4) is 0 Å². The normalized spacial score (nSPS) is 21.3. The molecule has 1 heterocycles. The highest BCUT2D eigenvalue weighted by atomic mass is 16.5. The third kappa shape index (κ3) is 3.55. The molecule has 0 spiro atoms. The number of benzene rings is 1. The van der Waals surface area contributed by atoms with Crippen LogP contribution in [0.4, 0.5) is 0 Å². The molecule has 2 N–H and O–H groups in total. The van der Waals surface area contributed by atoms with Gasteiger partial charge in [0.1, 0.15) is 0 Å². The Hall–Kier alpha value is -1.39. The molecule has 2 atom stereocenters. The summed E-state index contributed by atoms with van der Waals surface area (Å²) in [6, 6.07) is 10.3. The number of ether oxygens (including phenoxy) is 1. The first-order chi connectivity index (χ1) is 9.24. The third-order valence-electron chi connectivity index (χ3n) is 3.84. The highest BCUT2D eigenvalue weighted by molar-refractivity contribution is 5.72. The highest BCUT2D eigenvalue weighted by Crippen LogP contribution is 2.22. The first-order valence-corrected chi connectivity index (χ1v) is 6.79. The van der Waals surface area contributed by atoms with Crippen molar-refractivity contribution in [1.29, 1.82) is 0 Å². The minimum Gasteiger partial charge on any atom is -0.469 e. The Morgan fingerprint density at radius 3 is 2.84 bits per heavy atom. The molecule has 4 heteroatoms. The quantitative estimate of drug-likeness (QED) is 0.811. The average Bonchev–Trinajstić information content (AvgIpc) is 2.93. The summed E-state index contributed by atoms with van der Waals surface area (Å²) in [4.78, 5) is 13.8. The van der Waals surface area contributed by atoms with Gasteiger partial charge >= 0.3 is 5.97 Å². The molecule has 0 aliphatic carbocycles. The molecule has 0 amide bonds. The Kier molecular flexibility index (Phi) is 4.93. The van der Waals surface area contributed by atoms with Crippen LogP contribution in [0.2, 0.25) is 0 Å². The van der Waals surface area contributed by atoms with Gasteiger partial charge in [0.05, 0.1) is 13.0 Å². The maximum absolute atomic E-state index is 11.5. The second kappa shape index (κ2) is 6.68. The summed E-state index contributed by atoms with van der Waals surface area (Å²) in [6.45, 7) is 3.27. The fourth-order valence-electron chi connectivity index (χ4n) is 2.71. The zero-order valence-electron chi connectivity index (χ0n) is 11.4. The molecule has 1 aliphatic rings. The summed E-state index contributed by atoms with van der Waals surface area (Å²) in [5, 5.41) is 0. The van der Waals surface area contributed by atoms with E-state index in [0.717, 1.165) is 26.1 Å². The van der Waals surface area contributed by atoms with Crippen molar-refractivity contribution in [2.45, 2.75) is 12.3 Å². The van der Waals surface area contributed by atoms with Crippen molar-refractivity contribution >= 4 is 5.97 Å². The maximum Gasteiger partial charge on any atom is 0.310 e. The van der Waals surface area contributed by atoms with Gasteiger partial charge in [-0.05, 0) is 18.5 Å². The molecule has 1 aromatic carbocycles. The van der Waals surface area contributed by atoms with Gasteiger partial charge in [0.15, 0.2) is 0 Å². The van der Waals surface area contributed by atoms with Crippen molar-refractivity contribution in [3.05, 3.63) is 35.9 Å². The molecule has 2 unspecified atom stereocenters. The zero-order valence-corrected chi connectivity index (χ0v) is 11.4. The summed E-state index contributed by atoms with van der Waals surface area (Å²) < 4.78 is 4.81. The Labute approximate surface area is 114 Å². The number of likely N-dealkylation sites (tertiary alicyclic amines) is 1. The SMILES string of the molecule is COC(=O)C1CCN(CC(CN)c2ccccc2)C1. The standard InChI is InChI=1S/C15H22N2O2/c1-19-15(18)13-7-8-17(10-13)11-14(9-16)12-5-3-2-4-6-12/h2-6,13-14H,7-11,16H2,1H3. The van der Waals surface area contributed by atoms with E-state index in [4.69, 9.17) is 10.5 Å². The van der Waals surface area contributed by atoms with Crippen LogP contribution >= 0.6 is 0 Å². The number of nitrogens with zero attached hydrogens (tertiary/aromatic N) is 1. The van der Waals surface area contributed by atoms with Crippen LogP contribution in [0.1, 0.15) is 17.9 Å². The van der Waals surface area contributed by atoms with Gasteiger partial charge in [-0.1, -0.05) is 30.3 Å². The molecule has 1 saturated heterocycles. The van der Waals surface area contributed by atoms with E-state index in [1.54, 1.807) is 0 Å². The van der Waals surface area contributed by atoms with E-state index in [2.05, 4.69) is 17.0 Å². The van der Waals surface area contributed by atoms with Crippen LogP contribution in [0.25, 0.3) is 0 Å². The number of methoxy groups -OCH3 is 1. The molecule has 0 bridgehead atoms. The van der Waals surface area contributed by atoms with E-state index in [-0.39, 0.29) is 11.9 Å². The molecule has 19 heavy (non-hydrogen) atoms. The lowest BCUT2D eigenvalue weighted by molar-refractivity contribution is -0.144. The Morgan fingerprint density at radius 2 is 2.21 bits per heavy atom. The molecule has 0 radical (unpaired) electrons. The van der Waals surface area contributed by atoms with Crippen LogP contribution in [0.5, 0.6) is 0 Å². The van der Waals surface area contributed by atoms with Crippen molar-refractivity contribution in [2.75, 3.05) is 33.3 Å². The van der Waals surface area contributed by atoms with Gasteiger partial charge < -0.3 is 15.4 Å². The number of carbonyl (C=O) groups excluding carboxylic acids is 1. The predicted octanol–water partition coefficient (Wildman–Crippen LogP) is 1.22. The fourth-order valence-corrected chi connectivity index (χ4v) is 2.71. The Bertz CT molecular complexity index is 408. The number of carbonyl (C=O) groups is 1. The maximum atomic E-state index is 11.5. The summed E-state index contributed by atoms with van der Waals surface area (Å²) in [5.74, 6) is 0.267. The predicted molar refractivity (Wildman–Crippen MR) is 74.8 cm³/mol. The smallest absolute Gasteiger partial charge is 0.310 e. The van der Waals surface area contributed by atoms with Crippen molar-refractivity contribution in [3.63, 3.8) is 0 Å². The van der Waals surface area contributed by atoms with Crippen LogP contribution in [0, 0.1) is 5.92 Å². The van der Waals surface area contributed by atoms with E-state index in [1.165, 1.54) is 12.7 Å². The molecule has 4 nitrogen and oxygen atoms in total. The van der Waals surface area contributed by atoms with Gasteiger partial charge in [0.25, 0.3) is 0 Å². The number of hydrogen-bond donors (Lipinski definition) is 1. The molecule has 104 valence electrons. The zero-order chi connectivity index (χ0) is 13.7. The highest BCUT2D eigenvalue weighted by Gasteiger charge is 2.30. The van der Waals surface area contributed by atoms with Crippen molar-refractivity contribution < 1.29 is 9.53 Å². The second-order valence-corrected chi connectivity index (χ2v) is 5.11. The number of rotatable bonds is 5. The van der Waals surface area contributed by atoms with E-state index < -0.39 is 0 Å². The molecule has 1 fully saturated rings. The summed E-state index contributed by atoms with van der Waals surface area (Å²) in [7, 11) is 1.46. The number of esters is 1. The third-order valence-corrected chi connectivity index (χ3v) is 3.84. The van der Waals surface area contributed by atoms with Gasteiger partial charge in [-0.25, -0.2) is 0 Å². The fraction of sp³-hybridized carbons (Fsp3) is 0.533. The van der Waals surface area contributed by atoms with Gasteiger partial charge in [-0.3, -0.25) is 4.79 Å². The lowest BCUT2D eigenvalue weighted by atomic mass is 9.99. The van der Waals surface area contributed by atoms with Crippen LogP contribution < -0.4 is 5.73 Å². The summed E-state index contributed by atoms with van der Waals surface area (Å²) >= 11 is 0. The van der Waals surface area contributed by atoms with Crippen LogP contribution in [-0.4, -0.2) is 44.2 Å². The van der Waals surface area contributed by atoms with Crippen LogP contribution in [0.15, 0.2) is 30.3 Å². The summed E-state index contributed by atoms with van der Waals surface area (Å²) in [6.07, 6.45) is 0.888. The number of hydrogen-bond acceptors (Lipinski definition) is 4. The molecule has 1 aliphatic heterocycles. The Morgan fingerprint density at radius 1 is 1.47 bits per heavy atom. The largest absolute Gasteiger partial charge is 0.469 e. The molecule has 0 aromatic heterocycles. The molecular formula is C15H22N2O2. The minimum atomic E-state index is -0.0912. The van der Waals surface area contributed by atoms with E-state index in [0.29, 0.717) is 12.5 Å². The minimum absolute atomic E-state index is 0.0270. The van der Waals surface area contributed by atoms with Crippen molar-refractivity contribution in [1.82, 2.24) is 4.90 Å².